The molecular formula is C21H24BrClN6OS. The molecule has 1 aliphatic heterocycles. The number of hydrogen-bond acceptors (Lipinski definition) is 6. The van der Waals surface area contributed by atoms with Crippen molar-refractivity contribution < 1.29 is 4.79 Å². The molecule has 0 bridgehead atoms. The van der Waals surface area contributed by atoms with Crippen LogP contribution in [0, 0.1) is 0 Å². The van der Waals surface area contributed by atoms with Gasteiger partial charge in [0.25, 0.3) is 5.91 Å². The molecule has 2 aromatic heterocycles. The number of amides is 1. The van der Waals surface area contributed by atoms with Gasteiger partial charge in [0.05, 0.1) is 28.7 Å². The number of benzene rings is 1. The lowest BCUT2D eigenvalue weighted by Gasteiger charge is -2.28. The minimum absolute atomic E-state index is 0.214. The quantitative estimate of drug-likeness (QED) is 0.355. The lowest BCUT2D eigenvalue weighted by Crippen LogP contribution is -2.30. The molecule has 3 heterocycles. The highest BCUT2D eigenvalue weighted by atomic mass is 79.9. The predicted molar refractivity (Wildman–Crippen MR) is 129 cm³/mol. The van der Waals surface area contributed by atoms with Gasteiger partial charge in [-0.1, -0.05) is 46.2 Å². The van der Waals surface area contributed by atoms with Crippen molar-refractivity contribution in [2.24, 2.45) is 0 Å². The zero-order valence-corrected chi connectivity index (χ0v) is 20.4. The van der Waals surface area contributed by atoms with Crippen LogP contribution >= 0.6 is 39.3 Å². The average molecular weight is 524 g/mol. The summed E-state index contributed by atoms with van der Waals surface area (Å²) in [5.41, 5.74) is 1.25. The molecule has 0 radical (unpaired) electrons. The summed E-state index contributed by atoms with van der Waals surface area (Å²) in [7, 11) is 0. The van der Waals surface area contributed by atoms with Crippen LogP contribution in [-0.2, 0) is 6.54 Å². The summed E-state index contributed by atoms with van der Waals surface area (Å²) in [6.45, 7) is 5.04. The number of piperidine rings is 1. The smallest absolute Gasteiger partial charge is 0.252 e. The van der Waals surface area contributed by atoms with E-state index in [4.69, 9.17) is 21.6 Å². The maximum Gasteiger partial charge on any atom is 0.252 e. The van der Waals surface area contributed by atoms with Crippen molar-refractivity contribution >= 4 is 62.1 Å². The van der Waals surface area contributed by atoms with Gasteiger partial charge in [-0.15, -0.1) is 0 Å². The van der Waals surface area contributed by atoms with Crippen molar-refractivity contribution in [3.05, 3.63) is 39.5 Å². The largest absolute Gasteiger partial charge is 0.356 e. The van der Waals surface area contributed by atoms with Gasteiger partial charge in [0, 0.05) is 24.1 Å². The Balaban J connectivity index is 1.53. The van der Waals surface area contributed by atoms with E-state index in [9.17, 15) is 4.79 Å². The van der Waals surface area contributed by atoms with Gasteiger partial charge in [0.2, 0.25) is 0 Å². The van der Waals surface area contributed by atoms with Gasteiger partial charge in [0.1, 0.15) is 5.82 Å². The third-order valence-corrected chi connectivity index (χ3v) is 6.72. The number of carbonyl (C=O) groups is 1. The molecular weight excluding hydrogens is 500 g/mol. The monoisotopic (exact) mass is 522 g/mol. The fourth-order valence-corrected chi connectivity index (χ4v) is 4.79. The number of nitrogens with zero attached hydrogens (tertiary/aromatic N) is 5. The van der Waals surface area contributed by atoms with Crippen LogP contribution in [0.25, 0.3) is 11.0 Å². The van der Waals surface area contributed by atoms with Gasteiger partial charge in [-0.3, -0.25) is 4.79 Å². The molecule has 1 saturated heterocycles. The van der Waals surface area contributed by atoms with Crippen LogP contribution in [-0.4, -0.2) is 51.0 Å². The van der Waals surface area contributed by atoms with Crippen LogP contribution in [0.4, 0.5) is 5.82 Å². The molecule has 0 atom stereocenters. The zero-order valence-electron chi connectivity index (χ0n) is 17.3. The highest BCUT2D eigenvalue weighted by Crippen LogP contribution is 2.29. The van der Waals surface area contributed by atoms with E-state index in [1.807, 2.05) is 10.9 Å². The first-order valence-electron chi connectivity index (χ1n) is 10.4. The van der Waals surface area contributed by atoms with Crippen molar-refractivity contribution in [1.29, 1.82) is 0 Å². The van der Waals surface area contributed by atoms with Gasteiger partial charge >= 0.3 is 0 Å². The summed E-state index contributed by atoms with van der Waals surface area (Å²) in [5.74, 6) is 1.66. The number of hydrogen-bond donors (Lipinski definition) is 1. The van der Waals surface area contributed by atoms with Gasteiger partial charge in [-0.05, 0) is 43.2 Å². The number of aromatic nitrogens is 4. The third kappa shape index (κ3) is 5.15. The molecule has 7 nitrogen and oxygen atoms in total. The van der Waals surface area contributed by atoms with Crippen molar-refractivity contribution in [1.82, 2.24) is 25.1 Å². The SMILES string of the molecule is CCSc1nc(N2CCCCC2)c2cnn(CCNC(=O)c3cc(Br)ccc3Cl)c2n1. The van der Waals surface area contributed by atoms with E-state index >= 15 is 0 Å². The van der Waals surface area contributed by atoms with Crippen molar-refractivity contribution in [3.63, 3.8) is 0 Å². The molecule has 1 fully saturated rings. The summed E-state index contributed by atoms with van der Waals surface area (Å²) in [4.78, 5) is 24.4. The topological polar surface area (TPSA) is 75.9 Å². The van der Waals surface area contributed by atoms with E-state index in [0.29, 0.717) is 23.7 Å². The van der Waals surface area contributed by atoms with Gasteiger partial charge in [0.15, 0.2) is 10.8 Å². The van der Waals surface area contributed by atoms with E-state index in [-0.39, 0.29) is 5.91 Å². The molecule has 1 amide bonds. The predicted octanol–water partition coefficient (Wildman–Crippen LogP) is 4.77. The molecule has 1 aliphatic rings. The molecule has 31 heavy (non-hydrogen) atoms. The molecule has 4 rings (SSSR count). The number of carbonyl (C=O) groups excluding carboxylic acids is 1. The summed E-state index contributed by atoms with van der Waals surface area (Å²) in [6, 6.07) is 5.22. The minimum Gasteiger partial charge on any atom is -0.356 e. The number of nitrogens with one attached hydrogen (secondary N) is 1. The third-order valence-electron chi connectivity index (χ3n) is 5.17. The number of rotatable bonds is 7. The molecule has 1 N–H and O–H groups in total. The summed E-state index contributed by atoms with van der Waals surface area (Å²) in [5, 5.41) is 9.62. The van der Waals surface area contributed by atoms with Gasteiger partial charge in [-0.25, -0.2) is 14.6 Å². The summed E-state index contributed by atoms with van der Waals surface area (Å²) < 4.78 is 2.65. The van der Waals surface area contributed by atoms with E-state index in [2.05, 4.69) is 38.2 Å². The summed E-state index contributed by atoms with van der Waals surface area (Å²) >= 11 is 11.2. The van der Waals surface area contributed by atoms with Crippen molar-refractivity contribution in [2.45, 2.75) is 37.9 Å². The fraction of sp³-hybridized carbons (Fsp3) is 0.429. The summed E-state index contributed by atoms with van der Waals surface area (Å²) in [6.07, 6.45) is 5.47. The zero-order chi connectivity index (χ0) is 21.8. The Morgan fingerprint density at radius 1 is 1.26 bits per heavy atom. The lowest BCUT2D eigenvalue weighted by molar-refractivity contribution is 0.0952. The molecule has 1 aromatic carbocycles. The highest BCUT2D eigenvalue weighted by molar-refractivity contribution is 9.10. The number of thioether (sulfide) groups is 1. The Morgan fingerprint density at radius 3 is 2.84 bits per heavy atom. The van der Waals surface area contributed by atoms with Crippen LogP contribution in [0.3, 0.4) is 0 Å². The normalized spacial score (nSPS) is 14.2. The highest BCUT2D eigenvalue weighted by Gasteiger charge is 2.20. The Labute approximate surface area is 199 Å². The van der Waals surface area contributed by atoms with Crippen LogP contribution in [0.1, 0.15) is 36.5 Å². The number of halogens is 2. The molecule has 3 aromatic rings. The first-order valence-corrected chi connectivity index (χ1v) is 12.6. The second-order valence-electron chi connectivity index (χ2n) is 7.30. The fourth-order valence-electron chi connectivity index (χ4n) is 3.67. The lowest BCUT2D eigenvalue weighted by atomic mass is 10.1. The van der Waals surface area contributed by atoms with Gasteiger partial charge < -0.3 is 10.2 Å². The molecule has 0 unspecified atom stereocenters. The number of anilines is 1. The van der Waals surface area contributed by atoms with Crippen LogP contribution < -0.4 is 10.2 Å². The van der Waals surface area contributed by atoms with Gasteiger partial charge in [-0.2, -0.15) is 5.10 Å². The first-order chi connectivity index (χ1) is 15.1. The Hall–Kier alpha value is -1.84. The Bertz CT molecular complexity index is 1090. The standard InChI is InChI=1S/C21H24BrClN6OS/c1-2-31-21-26-18(28-9-4-3-5-10-28)16-13-25-29(19(16)27-21)11-8-24-20(30)15-12-14(22)6-7-17(15)23/h6-7,12-13H,2-5,8-11H2,1H3,(H,24,30). The number of fused-ring (bicyclic) bond motifs is 1. The van der Waals surface area contributed by atoms with E-state index < -0.39 is 0 Å². The van der Waals surface area contributed by atoms with Crippen molar-refractivity contribution in [3.8, 4) is 0 Å². The van der Waals surface area contributed by atoms with Crippen LogP contribution in [0.5, 0.6) is 0 Å². The van der Waals surface area contributed by atoms with E-state index in [1.165, 1.54) is 19.3 Å². The van der Waals surface area contributed by atoms with E-state index in [1.54, 1.807) is 30.0 Å². The molecule has 0 aliphatic carbocycles. The van der Waals surface area contributed by atoms with Crippen LogP contribution in [0.2, 0.25) is 5.02 Å². The second kappa shape index (κ2) is 10.2. The molecule has 0 saturated carbocycles. The Kier molecular flexibility index (Phi) is 7.35. The van der Waals surface area contributed by atoms with E-state index in [0.717, 1.165) is 45.3 Å². The van der Waals surface area contributed by atoms with Crippen LogP contribution in [0.15, 0.2) is 34.0 Å². The second-order valence-corrected chi connectivity index (χ2v) is 9.85. The molecule has 164 valence electrons. The molecule has 10 heteroatoms. The average Bonchev–Trinajstić information content (AvgIpc) is 3.18. The Morgan fingerprint density at radius 2 is 2.06 bits per heavy atom. The molecule has 0 spiro atoms. The maximum atomic E-state index is 12.5. The minimum atomic E-state index is -0.214. The van der Waals surface area contributed by atoms with Crippen molar-refractivity contribution in [2.75, 3.05) is 30.3 Å². The maximum absolute atomic E-state index is 12.5. The first kappa shape index (κ1) is 22.4.